The third-order valence-corrected chi connectivity index (χ3v) is 2.29. The lowest BCUT2D eigenvalue weighted by atomic mass is 10.4. The topological polar surface area (TPSA) is 47.6 Å². The number of rotatable bonds is 3. The smallest absolute Gasteiger partial charge is 0.0939 e. The average molecular weight is 156 g/mol. The van der Waals surface area contributed by atoms with Crippen LogP contribution in [0.3, 0.4) is 0 Å². The molecular formula is C8H16N2O. The van der Waals surface area contributed by atoms with Gasteiger partial charge in [0.1, 0.15) is 0 Å². The fourth-order valence-electron chi connectivity index (χ4n) is 1.02. The van der Waals surface area contributed by atoms with E-state index in [4.69, 9.17) is 10.5 Å². The zero-order chi connectivity index (χ0) is 8.48. The summed E-state index contributed by atoms with van der Waals surface area (Å²) < 4.78 is 5.24. The van der Waals surface area contributed by atoms with Gasteiger partial charge in [-0.05, 0) is 6.92 Å². The van der Waals surface area contributed by atoms with Crippen molar-refractivity contribution in [3.63, 3.8) is 0 Å². The van der Waals surface area contributed by atoms with E-state index in [1.807, 2.05) is 6.92 Å². The van der Waals surface area contributed by atoms with Crippen LogP contribution in [0.1, 0.15) is 26.7 Å². The molecule has 0 bridgehead atoms. The van der Waals surface area contributed by atoms with Gasteiger partial charge in [0.2, 0.25) is 0 Å². The van der Waals surface area contributed by atoms with Crippen LogP contribution < -0.4 is 5.73 Å². The molecule has 0 amide bonds. The minimum absolute atomic E-state index is 0.0280. The van der Waals surface area contributed by atoms with Gasteiger partial charge in [-0.25, -0.2) is 0 Å². The van der Waals surface area contributed by atoms with E-state index >= 15 is 0 Å². The minimum atomic E-state index is -0.0280. The molecule has 3 nitrogen and oxygen atoms in total. The number of nitrogens with zero attached hydrogens (tertiary/aromatic N) is 1. The molecular weight excluding hydrogens is 140 g/mol. The van der Waals surface area contributed by atoms with Crippen molar-refractivity contribution in [1.82, 2.24) is 0 Å². The van der Waals surface area contributed by atoms with Gasteiger partial charge in [0.05, 0.1) is 17.5 Å². The second-order valence-electron chi connectivity index (χ2n) is 3.21. The molecule has 0 heterocycles. The van der Waals surface area contributed by atoms with Crippen molar-refractivity contribution in [3.05, 3.63) is 0 Å². The van der Waals surface area contributed by atoms with Crippen molar-refractivity contribution in [2.75, 3.05) is 7.11 Å². The maximum atomic E-state index is 5.58. The molecule has 0 radical (unpaired) electrons. The van der Waals surface area contributed by atoms with Gasteiger partial charge in [-0.2, -0.15) is 0 Å². The highest BCUT2D eigenvalue weighted by Crippen LogP contribution is 2.41. The van der Waals surface area contributed by atoms with E-state index in [0.717, 1.165) is 18.7 Å². The number of amidine groups is 1. The van der Waals surface area contributed by atoms with Crippen LogP contribution in [0, 0.1) is 0 Å². The predicted molar refractivity (Wildman–Crippen MR) is 45.7 cm³/mol. The highest BCUT2D eigenvalue weighted by Gasteiger charge is 2.51. The minimum Gasteiger partial charge on any atom is -0.387 e. The van der Waals surface area contributed by atoms with E-state index in [0.29, 0.717) is 6.04 Å². The van der Waals surface area contributed by atoms with Crippen LogP contribution in [-0.4, -0.2) is 24.6 Å². The zero-order valence-electron chi connectivity index (χ0n) is 7.42. The first-order chi connectivity index (χ1) is 5.12. The summed E-state index contributed by atoms with van der Waals surface area (Å²) >= 11 is 0. The standard InChI is InChI=1S/C8H16N2O/c1-4-7(9)10-6-5-8(6,2)11-3/h6H,4-5H2,1-3H3,(H2,9,10). The molecule has 0 spiro atoms. The van der Waals surface area contributed by atoms with E-state index in [9.17, 15) is 0 Å². The highest BCUT2D eigenvalue weighted by atomic mass is 16.5. The second kappa shape index (κ2) is 2.81. The van der Waals surface area contributed by atoms with Crippen molar-refractivity contribution in [2.45, 2.75) is 38.3 Å². The molecule has 2 N–H and O–H groups in total. The van der Waals surface area contributed by atoms with Gasteiger partial charge in [-0.15, -0.1) is 0 Å². The summed E-state index contributed by atoms with van der Waals surface area (Å²) in [5, 5.41) is 0. The molecule has 1 aliphatic carbocycles. The van der Waals surface area contributed by atoms with Gasteiger partial charge in [0.25, 0.3) is 0 Å². The summed E-state index contributed by atoms with van der Waals surface area (Å²) in [6.45, 7) is 4.06. The lowest BCUT2D eigenvalue weighted by Gasteiger charge is -2.05. The van der Waals surface area contributed by atoms with Gasteiger partial charge in [0, 0.05) is 20.0 Å². The molecule has 11 heavy (non-hydrogen) atoms. The van der Waals surface area contributed by atoms with Crippen molar-refractivity contribution >= 4 is 5.84 Å². The Labute approximate surface area is 67.6 Å². The first-order valence-electron chi connectivity index (χ1n) is 3.99. The first kappa shape index (κ1) is 8.53. The van der Waals surface area contributed by atoms with Crippen LogP contribution in [0.5, 0.6) is 0 Å². The fraction of sp³-hybridized carbons (Fsp3) is 0.875. The van der Waals surface area contributed by atoms with Gasteiger partial charge >= 0.3 is 0 Å². The van der Waals surface area contributed by atoms with E-state index in [2.05, 4.69) is 11.9 Å². The average Bonchev–Trinajstić information content (AvgIpc) is 2.63. The molecule has 0 aliphatic heterocycles. The number of methoxy groups -OCH3 is 1. The fourth-order valence-corrected chi connectivity index (χ4v) is 1.02. The largest absolute Gasteiger partial charge is 0.387 e. The molecule has 64 valence electrons. The molecule has 0 aromatic heterocycles. The number of ether oxygens (including phenoxy) is 1. The predicted octanol–water partition coefficient (Wildman–Crippen LogP) is 0.931. The van der Waals surface area contributed by atoms with Crippen LogP contribution in [0.2, 0.25) is 0 Å². The van der Waals surface area contributed by atoms with Gasteiger partial charge in [0.15, 0.2) is 0 Å². The maximum Gasteiger partial charge on any atom is 0.0939 e. The Kier molecular flexibility index (Phi) is 2.18. The summed E-state index contributed by atoms with van der Waals surface area (Å²) in [6.07, 6.45) is 1.83. The SMILES string of the molecule is CCC(N)=NC1CC1(C)OC. The zero-order valence-corrected chi connectivity index (χ0v) is 7.42. The number of nitrogens with two attached hydrogens (primary N) is 1. The third-order valence-electron chi connectivity index (χ3n) is 2.29. The molecule has 2 unspecified atom stereocenters. The van der Waals surface area contributed by atoms with E-state index in [1.165, 1.54) is 0 Å². The Morgan fingerprint density at radius 2 is 2.45 bits per heavy atom. The number of aliphatic imine (C=N–C) groups is 1. The summed E-state index contributed by atoms with van der Waals surface area (Å²) in [7, 11) is 1.72. The molecule has 1 fully saturated rings. The van der Waals surface area contributed by atoms with Crippen LogP contribution in [-0.2, 0) is 4.74 Å². The van der Waals surface area contributed by atoms with Gasteiger partial charge in [-0.3, -0.25) is 4.99 Å². The molecule has 0 saturated heterocycles. The van der Waals surface area contributed by atoms with Crippen LogP contribution >= 0.6 is 0 Å². The van der Waals surface area contributed by atoms with Crippen molar-refractivity contribution in [3.8, 4) is 0 Å². The van der Waals surface area contributed by atoms with Gasteiger partial charge < -0.3 is 10.5 Å². The van der Waals surface area contributed by atoms with E-state index in [1.54, 1.807) is 7.11 Å². The molecule has 2 atom stereocenters. The highest BCUT2D eigenvalue weighted by molar-refractivity contribution is 5.80. The molecule has 3 heteroatoms. The molecule has 0 aromatic carbocycles. The quantitative estimate of drug-likeness (QED) is 0.488. The van der Waals surface area contributed by atoms with E-state index < -0.39 is 0 Å². The van der Waals surface area contributed by atoms with Crippen molar-refractivity contribution in [1.29, 1.82) is 0 Å². The normalized spacial score (nSPS) is 37.4. The number of hydrogen-bond donors (Lipinski definition) is 1. The Balaban J connectivity index is 2.44. The molecule has 1 aliphatic rings. The molecule has 1 rings (SSSR count). The van der Waals surface area contributed by atoms with Crippen LogP contribution in [0.25, 0.3) is 0 Å². The summed E-state index contributed by atoms with van der Waals surface area (Å²) in [6, 6.07) is 0.299. The summed E-state index contributed by atoms with van der Waals surface area (Å²) in [5.41, 5.74) is 5.56. The third kappa shape index (κ3) is 1.71. The van der Waals surface area contributed by atoms with Gasteiger partial charge in [-0.1, -0.05) is 6.92 Å². The summed E-state index contributed by atoms with van der Waals surface area (Å²) in [5.74, 6) is 0.732. The maximum absolute atomic E-state index is 5.58. The van der Waals surface area contributed by atoms with Crippen LogP contribution in [0.15, 0.2) is 4.99 Å². The summed E-state index contributed by atoms with van der Waals surface area (Å²) in [4.78, 5) is 4.30. The molecule has 0 aromatic rings. The Bertz CT molecular complexity index is 179. The Morgan fingerprint density at radius 1 is 1.82 bits per heavy atom. The lowest BCUT2D eigenvalue weighted by molar-refractivity contribution is 0.0919. The number of hydrogen-bond acceptors (Lipinski definition) is 2. The lowest BCUT2D eigenvalue weighted by Crippen LogP contribution is -2.15. The van der Waals surface area contributed by atoms with Crippen LogP contribution in [0.4, 0.5) is 0 Å². The Hall–Kier alpha value is -0.570. The Morgan fingerprint density at radius 3 is 2.82 bits per heavy atom. The van der Waals surface area contributed by atoms with Crippen molar-refractivity contribution in [2.24, 2.45) is 10.7 Å². The monoisotopic (exact) mass is 156 g/mol. The van der Waals surface area contributed by atoms with E-state index in [-0.39, 0.29) is 5.60 Å². The molecule has 1 saturated carbocycles. The first-order valence-corrected chi connectivity index (χ1v) is 3.99. The second-order valence-corrected chi connectivity index (χ2v) is 3.21. The van der Waals surface area contributed by atoms with Crippen molar-refractivity contribution < 1.29 is 4.74 Å².